The highest BCUT2D eigenvalue weighted by atomic mass is 19.1. The molecule has 0 saturated carbocycles. The minimum absolute atomic E-state index is 0.179. The lowest BCUT2D eigenvalue weighted by Gasteiger charge is -2.25. The number of hydrogen-bond acceptors (Lipinski definition) is 4. The third kappa shape index (κ3) is 4.77. The van der Waals surface area contributed by atoms with Crippen LogP contribution in [-0.4, -0.2) is 33.3 Å². The van der Waals surface area contributed by atoms with Gasteiger partial charge in [-0.05, 0) is 42.3 Å². The Bertz CT molecular complexity index is 1240. The Balaban J connectivity index is 2.14. The number of benzene rings is 2. The fraction of sp³-hybridized carbons (Fsp3) is 0.174. The number of carboxylic acids is 1. The molecule has 0 aliphatic rings. The molecule has 3 N–H and O–H groups in total. The number of nitrogens with one attached hydrogen (secondary N) is 1. The van der Waals surface area contributed by atoms with Crippen molar-refractivity contribution in [1.82, 2.24) is 9.88 Å². The number of rotatable bonds is 6. The first-order valence-corrected chi connectivity index (χ1v) is 9.74. The van der Waals surface area contributed by atoms with Gasteiger partial charge in [0.2, 0.25) is 0 Å². The number of nitrogens with zero attached hydrogens (tertiary/aromatic N) is 2. The van der Waals surface area contributed by atoms with Crippen LogP contribution in [-0.2, 0) is 11.8 Å². The van der Waals surface area contributed by atoms with Crippen LogP contribution in [0.25, 0.3) is 11.1 Å². The average molecular weight is 439 g/mol. The Kier molecular flexibility index (Phi) is 6.58. The molecular weight excluding hydrogens is 417 g/mol. The van der Waals surface area contributed by atoms with E-state index in [1.807, 2.05) is 0 Å². The van der Waals surface area contributed by atoms with Gasteiger partial charge in [-0.3, -0.25) is 14.5 Å². The van der Waals surface area contributed by atoms with E-state index in [0.717, 1.165) is 4.90 Å². The van der Waals surface area contributed by atoms with Crippen LogP contribution in [0.5, 0.6) is 5.75 Å². The summed E-state index contributed by atoms with van der Waals surface area (Å²) >= 11 is 0. The zero-order valence-corrected chi connectivity index (χ0v) is 17.5. The molecule has 8 nitrogen and oxygen atoms in total. The minimum Gasteiger partial charge on any atom is -0.505 e. The van der Waals surface area contributed by atoms with E-state index in [0.29, 0.717) is 16.7 Å². The summed E-state index contributed by atoms with van der Waals surface area (Å²) in [6, 6.07) is 11.6. The van der Waals surface area contributed by atoms with Crippen molar-refractivity contribution in [2.24, 2.45) is 7.05 Å². The molecule has 0 bridgehead atoms. The minimum atomic E-state index is -1.10. The van der Waals surface area contributed by atoms with Gasteiger partial charge in [0.15, 0.2) is 5.69 Å². The number of carbonyl (C=O) groups excluding carboxylic acids is 1. The molecule has 1 heterocycles. The second kappa shape index (κ2) is 9.34. The lowest BCUT2D eigenvalue weighted by Crippen LogP contribution is -2.41. The molecule has 0 fully saturated rings. The van der Waals surface area contributed by atoms with Crippen LogP contribution in [0.15, 0.2) is 59.5 Å². The summed E-state index contributed by atoms with van der Waals surface area (Å²) in [5.74, 6) is -1.90. The fourth-order valence-electron chi connectivity index (χ4n) is 3.26. The monoisotopic (exact) mass is 439 g/mol. The Morgan fingerprint density at radius 1 is 1.12 bits per heavy atom. The van der Waals surface area contributed by atoms with Gasteiger partial charge in [-0.25, -0.2) is 9.18 Å². The number of halogens is 1. The lowest BCUT2D eigenvalue weighted by atomic mass is 10.0. The van der Waals surface area contributed by atoms with Gasteiger partial charge in [0.05, 0.1) is 12.1 Å². The number of aromatic nitrogens is 1. The van der Waals surface area contributed by atoms with E-state index in [1.165, 1.54) is 29.9 Å². The van der Waals surface area contributed by atoms with Crippen molar-refractivity contribution < 1.29 is 24.2 Å². The van der Waals surface area contributed by atoms with Gasteiger partial charge in [-0.1, -0.05) is 24.3 Å². The molecule has 0 radical (unpaired) electrons. The largest absolute Gasteiger partial charge is 0.505 e. The maximum atomic E-state index is 13.7. The summed E-state index contributed by atoms with van der Waals surface area (Å²) in [5, 5.41) is 22.0. The number of carboxylic acid groups (broad SMARTS) is 1. The molecule has 0 unspecified atom stereocenters. The lowest BCUT2D eigenvalue weighted by molar-refractivity contribution is -0.136. The van der Waals surface area contributed by atoms with Gasteiger partial charge in [-0.15, -0.1) is 0 Å². The highest BCUT2D eigenvalue weighted by molar-refractivity contribution is 6.01. The number of pyridine rings is 1. The Morgan fingerprint density at radius 3 is 2.44 bits per heavy atom. The van der Waals surface area contributed by atoms with Crippen molar-refractivity contribution in [3.8, 4) is 16.9 Å². The van der Waals surface area contributed by atoms with Gasteiger partial charge >= 0.3 is 12.0 Å². The number of amides is 2. The van der Waals surface area contributed by atoms with Crippen molar-refractivity contribution in [2.75, 3.05) is 11.4 Å². The molecule has 9 heteroatoms. The third-order valence-corrected chi connectivity index (χ3v) is 4.81. The number of aryl methyl sites for hydroxylation is 2. The summed E-state index contributed by atoms with van der Waals surface area (Å²) in [4.78, 5) is 37.8. The number of urea groups is 1. The van der Waals surface area contributed by atoms with Crippen LogP contribution in [0.4, 0.5) is 20.6 Å². The molecular formula is C23H22FN3O5. The molecule has 166 valence electrons. The second-order valence-electron chi connectivity index (χ2n) is 7.20. The van der Waals surface area contributed by atoms with Gasteiger partial charge in [0.1, 0.15) is 11.6 Å². The van der Waals surface area contributed by atoms with Crippen LogP contribution >= 0.6 is 0 Å². The quantitative estimate of drug-likeness (QED) is 0.544. The fourth-order valence-corrected chi connectivity index (χ4v) is 3.26. The highest BCUT2D eigenvalue weighted by Crippen LogP contribution is 2.34. The molecule has 0 saturated heterocycles. The van der Waals surface area contributed by atoms with Gasteiger partial charge in [0, 0.05) is 25.4 Å². The first kappa shape index (κ1) is 22.5. The first-order chi connectivity index (χ1) is 15.2. The molecule has 1 aromatic heterocycles. The molecule has 0 spiro atoms. The average Bonchev–Trinajstić information content (AvgIpc) is 2.75. The Labute approximate surface area is 183 Å². The number of anilines is 2. The van der Waals surface area contributed by atoms with E-state index in [4.69, 9.17) is 5.11 Å². The van der Waals surface area contributed by atoms with Crippen LogP contribution < -0.4 is 15.8 Å². The predicted octanol–water partition coefficient (Wildman–Crippen LogP) is 3.53. The van der Waals surface area contributed by atoms with Crippen molar-refractivity contribution in [3.63, 3.8) is 0 Å². The normalized spacial score (nSPS) is 10.6. The maximum Gasteiger partial charge on any atom is 0.326 e. The molecule has 2 aromatic carbocycles. The molecule has 0 atom stereocenters. The number of carbonyl (C=O) groups is 2. The first-order valence-electron chi connectivity index (χ1n) is 9.74. The third-order valence-electron chi connectivity index (χ3n) is 4.81. The Morgan fingerprint density at radius 2 is 1.78 bits per heavy atom. The van der Waals surface area contributed by atoms with Gasteiger partial charge in [-0.2, -0.15) is 0 Å². The number of hydrogen-bond donors (Lipinski definition) is 3. The topological polar surface area (TPSA) is 112 Å². The molecule has 2 amide bonds. The van der Waals surface area contributed by atoms with E-state index in [-0.39, 0.29) is 30.1 Å². The molecule has 0 aliphatic heterocycles. The van der Waals surface area contributed by atoms with Crippen LogP contribution in [0.2, 0.25) is 0 Å². The van der Waals surface area contributed by atoms with Crippen molar-refractivity contribution >= 4 is 23.4 Å². The SMILES string of the molecule is Cc1cn(C)c(=O)c(N(C(=O)NCCC(=O)O)c2cccc(-c3cccc(F)c3)c2)c1O. The summed E-state index contributed by atoms with van der Waals surface area (Å²) in [6.07, 6.45) is 1.12. The van der Waals surface area contributed by atoms with Crippen LogP contribution in [0.3, 0.4) is 0 Å². The zero-order valence-electron chi connectivity index (χ0n) is 17.5. The standard InChI is InChI=1S/C23H22FN3O5/c1-14-13-26(2)22(31)20(21(14)30)27(23(32)25-10-9-19(28)29)18-8-4-6-16(12-18)15-5-3-7-17(24)11-15/h3-8,11-13,30H,9-10H2,1-2H3,(H,25,32)(H,28,29). The summed E-state index contributed by atoms with van der Waals surface area (Å²) in [6.45, 7) is 1.41. The van der Waals surface area contributed by atoms with Crippen molar-refractivity contribution in [1.29, 1.82) is 0 Å². The molecule has 3 rings (SSSR count). The molecule has 32 heavy (non-hydrogen) atoms. The molecule has 3 aromatic rings. The highest BCUT2D eigenvalue weighted by Gasteiger charge is 2.26. The summed E-state index contributed by atoms with van der Waals surface area (Å²) in [7, 11) is 1.49. The van der Waals surface area contributed by atoms with Gasteiger partial charge in [0.25, 0.3) is 5.56 Å². The number of aliphatic carboxylic acids is 1. The van der Waals surface area contributed by atoms with Crippen LogP contribution in [0, 0.1) is 12.7 Å². The van der Waals surface area contributed by atoms with Crippen molar-refractivity contribution in [2.45, 2.75) is 13.3 Å². The summed E-state index contributed by atoms with van der Waals surface area (Å²) in [5.41, 5.74) is 0.826. The smallest absolute Gasteiger partial charge is 0.326 e. The van der Waals surface area contributed by atoms with Crippen LogP contribution in [0.1, 0.15) is 12.0 Å². The van der Waals surface area contributed by atoms with E-state index < -0.39 is 23.4 Å². The Hall–Kier alpha value is -4.14. The predicted molar refractivity (Wildman–Crippen MR) is 118 cm³/mol. The maximum absolute atomic E-state index is 13.7. The second-order valence-corrected chi connectivity index (χ2v) is 7.20. The van der Waals surface area contributed by atoms with E-state index >= 15 is 0 Å². The van der Waals surface area contributed by atoms with E-state index in [2.05, 4.69) is 5.32 Å². The zero-order chi connectivity index (χ0) is 23.4. The van der Waals surface area contributed by atoms with E-state index in [1.54, 1.807) is 43.3 Å². The van der Waals surface area contributed by atoms with Gasteiger partial charge < -0.3 is 20.1 Å². The molecule has 0 aliphatic carbocycles. The number of aromatic hydroxyl groups is 1. The summed E-state index contributed by atoms with van der Waals surface area (Å²) < 4.78 is 14.9. The van der Waals surface area contributed by atoms with E-state index in [9.17, 15) is 23.9 Å². The van der Waals surface area contributed by atoms with Crippen molar-refractivity contribution in [3.05, 3.63) is 76.5 Å².